The molecule has 1 spiro atoms. The normalized spacial score (nSPS) is 28.8. The van der Waals surface area contributed by atoms with Crippen molar-refractivity contribution >= 4 is 11.6 Å². The summed E-state index contributed by atoms with van der Waals surface area (Å²) in [6, 6.07) is 5.84. The Kier molecular flexibility index (Phi) is 3.35. The fraction of sp³-hybridized carbons (Fsp3) is 0.667. The first kappa shape index (κ1) is 15.2. The van der Waals surface area contributed by atoms with Crippen LogP contribution in [0, 0.1) is 10.8 Å². The van der Waals surface area contributed by atoms with Crippen molar-refractivity contribution in [2.75, 3.05) is 0 Å². The minimum atomic E-state index is -0.133. The van der Waals surface area contributed by atoms with Crippen molar-refractivity contribution in [3.8, 4) is 5.75 Å². The summed E-state index contributed by atoms with van der Waals surface area (Å²) >= 11 is 6.10. The third kappa shape index (κ3) is 2.93. The summed E-state index contributed by atoms with van der Waals surface area (Å²) in [5.41, 5.74) is 7.94. The number of rotatable bonds is 0. The second-order valence-corrected chi connectivity index (χ2v) is 9.07. The topological polar surface area (TPSA) is 35.2 Å². The van der Waals surface area contributed by atoms with Gasteiger partial charge in [0.2, 0.25) is 0 Å². The number of hydrogen-bond acceptors (Lipinski definition) is 2. The van der Waals surface area contributed by atoms with Crippen LogP contribution in [0.3, 0.4) is 0 Å². The number of hydrogen-bond donors (Lipinski definition) is 1. The van der Waals surface area contributed by atoms with Crippen LogP contribution in [0.2, 0.25) is 5.02 Å². The molecule has 0 bridgehead atoms. The lowest BCUT2D eigenvalue weighted by molar-refractivity contribution is -0.0839. The van der Waals surface area contributed by atoms with E-state index < -0.39 is 0 Å². The number of ether oxygens (including phenoxy) is 1. The molecule has 3 rings (SSSR count). The molecule has 1 heterocycles. The lowest BCUT2D eigenvalue weighted by Crippen LogP contribution is -2.52. The Labute approximate surface area is 133 Å². The molecule has 1 aliphatic carbocycles. The largest absolute Gasteiger partial charge is 0.487 e. The quantitative estimate of drug-likeness (QED) is 0.724. The third-order valence-electron chi connectivity index (χ3n) is 4.85. The van der Waals surface area contributed by atoms with Crippen LogP contribution in [-0.4, -0.2) is 5.60 Å². The van der Waals surface area contributed by atoms with E-state index in [2.05, 4.69) is 27.7 Å². The van der Waals surface area contributed by atoms with Gasteiger partial charge in [0.05, 0.1) is 0 Å². The van der Waals surface area contributed by atoms with Gasteiger partial charge in [-0.25, -0.2) is 0 Å². The maximum absolute atomic E-state index is 6.52. The fourth-order valence-electron chi connectivity index (χ4n) is 5.13. The molecular weight excluding hydrogens is 282 g/mol. The summed E-state index contributed by atoms with van der Waals surface area (Å²) < 4.78 is 6.52. The van der Waals surface area contributed by atoms with Crippen LogP contribution in [0.4, 0.5) is 0 Å². The van der Waals surface area contributed by atoms with Crippen molar-refractivity contribution in [3.63, 3.8) is 0 Å². The second-order valence-electron chi connectivity index (χ2n) is 8.64. The van der Waals surface area contributed by atoms with E-state index >= 15 is 0 Å². The Morgan fingerprint density at radius 3 is 2.33 bits per heavy atom. The van der Waals surface area contributed by atoms with Crippen LogP contribution in [0.1, 0.15) is 65.0 Å². The molecule has 116 valence electrons. The van der Waals surface area contributed by atoms with E-state index in [0.717, 1.165) is 35.6 Å². The highest BCUT2D eigenvalue weighted by Gasteiger charge is 2.51. The van der Waals surface area contributed by atoms with Gasteiger partial charge in [-0.1, -0.05) is 39.3 Å². The third-order valence-corrected chi connectivity index (χ3v) is 5.08. The van der Waals surface area contributed by atoms with Gasteiger partial charge in [-0.2, -0.15) is 0 Å². The Hall–Kier alpha value is -0.730. The van der Waals surface area contributed by atoms with E-state index in [9.17, 15) is 0 Å². The maximum atomic E-state index is 6.52. The Morgan fingerprint density at radius 1 is 1.10 bits per heavy atom. The van der Waals surface area contributed by atoms with Gasteiger partial charge >= 0.3 is 0 Å². The second kappa shape index (κ2) is 4.63. The minimum absolute atomic E-state index is 0.0112. The van der Waals surface area contributed by atoms with Crippen molar-refractivity contribution < 1.29 is 4.74 Å². The van der Waals surface area contributed by atoms with E-state index in [0.29, 0.717) is 0 Å². The molecule has 0 saturated heterocycles. The number of halogens is 1. The van der Waals surface area contributed by atoms with Gasteiger partial charge < -0.3 is 10.5 Å². The molecule has 0 amide bonds. The monoisotopic (exact) mass is 307 g/mol. The average molecular weight is 308 g/mol. The molecule has 2 aliphatic rings. The van der Waals surface area contributed by atoms with Crippen LogP contribution in [0.15, 0.2) is 18.2 Å². The van der Waals surface area contributed by atoms with E-state index in [1.54, 1.807) is 0 Å². The molecule has 21 heavy (non-hydrogen) atoms. The van der Waals surface area contributed by atoms with Gasteiger partial charge in [0.25, 0.3) is 0 Å². The number of nitrogens with two attached hydrogens (primary N) is 1. The van der Waals surface area contributed by atoms with Crippen molar-refractivity contribution in [3.05, 3.63) is 28.8 Å². The molecule has 1 fully saturated rings. The standard InChI is InChI=1S/C18H26ClNO/c1-16(2)9-17(3,4)11-18(10-16)8-14(20)13-7-12(19)5-6-15(13)21-18/h5-7,14H,8-11,20H2,1-4H3/t14-/m1/s1. The number of fused-ring (bicyclic) bond motifs is 1. The zero-order valence-electron chi connectivity index (χ0n) is 13.5. The molecule has 0 aromatic heterocycles. The zero-order valence-corrected chi connectivity index (χ0v) is 14.3. The van der Waals surface area contributed by atoms with Crippen molar-refractivity contribution in [1.82, 2.24) is 0 Å². The van der Waals surface area contributed by atoms with Crippen LogP contribution in [0.5, 0.6) is 5.75 Å². The smallest absolute Gasteiger partial charge is 0.125 e. The molecule has 1 aromatic carbocycles. The van der Waals surface area contributed by atoms with Gasteiger partial charge in [-0.3, -0.25) is 0 Å². The van der Waals surface area contributed by atoms with Crippen LogP contribution in [-0.2, 0) is 0 Å². The van der Waals surface area contributed by atoms with E-state index in [4.69, 9.17) is 22.1 Å². The van der Waals surface area contributed by atoms with Crippen LogP contribution >= 0.6 is 11.6 Å². The van der Waals surface area contributed by atoms with E-state index in [1.165, 1.54) is 6.42 Å². The molecule has 3 heteroatoms. The Bertz CT molecular complexity index is 548. The molecule has 1 saturated carbocycles. The SMILES string of the molecule is CC1(C)CC(C)(C)CC2(C[C@@H](N)c3cc(Cl)ccc3O2)C1. The average Bonchev–Trinajstić information content (AvgIpc) is 2.25. The first-order valence-electron chi connectivity index (χ1n) is 7.84. The van der Waals surface area contributed by atoms with Crippen LogP contribution < -0.4 is 10.5 Å². The molecular formula is C18H26ClNO. The minimum Gasteiger partial charge on any atom is -0.487 e. The molecule has 0 radical (unpaired) electrons. The van der Waals surface area contributed by atoms with E-state index in [1.807, 2.05) is 18.2 Å². The highest BCUT2D eigenvalue weighted by molar-refractivity contribution is 6.30. The van der Waals surface area contributed by atoms with Gasteiger partial charge in [0.15, 0.2) is 0 Å². The summed E-state index contributed by atoms with van der Waals surface area (Å²) in [4.78, 5) is 0. The summed E-state index contributed by atoms with van der Waals surface area (Å²) in [7, 11) is 0. The number of benzene rings is 1. The predicted octanol–water partition coefficient (Wildman–Crippen LogP) is 5.10. The first-order valence-corrected chi connectivity index (χ1v) is 8.22. The first-order chi connectivity index (χ1) is 9.60. The molecule has 1 aliphatic heterocycles. The highest BCUT2D eigenvalue weighted by Crippen LogP contribution is 2.56. The summed E-state index contributed by atoms with van der Waals surface area (Å²) in [5.74, 6) is 0.923. The van der Waals surface area contributed by atoms with Gasteiger partial charge in [0, 0.05) is 23.0 Å². The maximum Gasteiger partial charge on any atom is 0.125 e. The van der Waals surface area contributed by atoms with Gasteiger partial charge in [-0.05, 0) is 48.3 Å². The van der Waals surface area contributed by atoms with Crippen molar-refractivity contribution in [1.29, 1.82) is 0 Å². The van der Waals surface area contributed by atoms with Crippen molar-refractivity contribution in [2.24, 2.45) is 16.6 Å². The molecule has 2 N–H and O–H groups in total. The van der Waals surface area contributed by atoms with Crippen molar-refractivity contribution in [2.45, 2.75) is 65.0 Å². The van der Waals surface area contributed by atoms with Crippen LogP contribution in [0.25, 0.3) is 0 Å². The lowest BCUT2D eigenvalue weighted by atomic mass is 9.58. The van der Waals surface area contributed by atoms with E-state index in [-0.39, 0.29) is 22.5 Å². The molecule has 0 unspecified atom stereocenters. The predicted molar refractivity (Wildman–Crippen MR) is 87.8 cm³/mol. The Morgan fingerprint density at radius 2 is 1.71 bits per heavy atom. The molecule has 2 nitrogen and oxygen atoms in total. The summed E-state index contributed by atoms with van der Waals surface area (Å²) in [5, 5.41) is 0.730. The van der Waals surface area contributed by atoms with Gasteiger partial charge in [-0.15, -0.1) is 0 Å². The zero-order chi connectivity index (χ0) is 15.5. The molecule has 1 atom stereocenters. The fourth-order valence-corrected chi connectivity index (χ4v) is 5.31. The highest BCUT2D eigenvalue weighted by atomic mass is 35.5. The molecule has 1 aromatic rings. The lowest BCUT2D eigenvalue weighted by Gasteiger charge is -2.54. The summed E-state index contributed by atoms with van der Waals surface area (Å²) in [6.45, 7) is 9.40. The van der Waals surface area contributed by atoms with Gasteiger partial charge in [0.1, 0.15) is 11.4 Å². The summed E-state index contributed by atoms with van der Waals surface area (Å²) in [6.07, 6.45) is 4.25. The Balaban J connectivity index is 1.99.